The summed E-state index contributed by atoms with van der Waals surface area (Å²) < 4.78 is 10.6. The lowest BCUT2D eigenvalue weighted by molar-refractivity contribution is 1.18. The molecule has 14 aromatic carbocycles. The van der Waals surface area contributed by atoms with Crippen molar-refractivity contribution in [1.82, 2.24) is 23.3 Å². The molecule has 0 saturated heterocycles. The number of hydrogen-bond donors (Lipinski definition) is 0. The molecule has 0 bridgehead atoms. The summed E-state index contributed by atoms with van der Waals surface area (Å²) in [5, 5.41) is 23.0. The second kappa shape index (κ2) is 21.4. The average Bonchev–Trinajstić information content (AvgIpc) is 1.53. The van der Waals surface area contributed by atoms with Gasteiger partial charge in [0, 0.05) is 82.5 Å². The van der Waals surface area contributed by atoms with Gasteiger partial charge in [0.2, 0.25) is 0 Å². The van der Waals surface area contributed by atoms with Crippen molar-refractivity contribution >= 4 is 109 Å². The van der Waals surface area contributed by atoms with Crippen molar-refractivity contribution in [2.45, 2.75) is 13.8 Å². The number of thiazole rings is 1. The van der Waals surface area contributed by atoms with E-state index < -0.39 is 0 Å². The molecule has 0 saturated carbocycles. The molecular weight excluding hydrogens is 1170 g/mol. The number of hydrogen-bond acceptors (Lipinski definition) is 3. The summed E-state index contributed by atoms with van der Waals surface area (Å²) >= 11 is 1.64. The van der Waals surface area contributed by atoms with Gasteiger partial charge in [-0.05, 0) is 169 Å². The van der Waals surface area contributed by atoms with E-state index in [0.717, 1.165) is 132 Å². The molecule has 0 amide bonds. The van der Waals surface area contributed by atoms with Gasteiger partial charge in [0.05, 0.1) is 59.9 Å². The van der Waals surface area contributed by atoms with E-state index in [1.807, 2.05) is 6.07 Å². The maximum atomic E-state index is 12.5. The highest BCUT2D eigenvalue weighted by Gasteiger charge is 2.31. The standard InChI is InChI=1S/C88H56N6S/c1-54-31-49-80-70(51-54)71-52-55(2)32-50-81(71)94(80)63-45-37-58(38-46-63)85-84(57-35-43-61(44-36-57)92-76-26-12-5-19-66(76)67-20-6-13-27-77(67)92)83(56-33-41-60(42-34-56)91-74-24-10-3-17-64(74)65-18-4-11-25-75(65)91)72(53-89)87(88-90-73-23-9-16-30-82(73)95-88)86(85)59-39-47-62(48-40-59)93-78-28-14-7-21-68(78)69-22-8-15-29-79(69)93/h3-52H,1-2H3. The van der Waals surface area contributed by atoms with Crippen LogP contribution in [-0.4, -0.2) is 23.3 Å². The summed E-state index contributed by atoms with van der Waals surface area (Å²) in [5.74, 6) is 0. The first-order valence-electron chi connectivity index (χ1n) is 32.3. The number of rotatable bonds is 9. The van der Waals surface area contributed by atoms with E-state index in [2.05, 4.69) is 335 Å². The molecule has 7 heteroatoms. The molecule has 0 aliphatic heterocycles. The normalized spacial score (nSPS) is 11.9. The van der Waals surface area contributed by atoms with E-state index in [1.54, 1.807) is 11.3 Å². The molecule has 0 spiro atoms. The van der Waals surface area contributed by atoms with E-state index in [9.17, 15) is 5.26 Å². The van der Waals surface area contributed by atoms with Gasteiger partial charge in [-0.3, -0.25) is 0 Å². The summed E-state index contributed by atoms with van der Waals surface area (Å²) in [7, 11) is 0. The summed E-state index contributed by atoms with van der Waals surface area (Å²) in [5.41, 5.74) is 25.5. The van der Waals surface area contributed by atoms with Crippen molar-refractivity contribution in [3.63, 3.8) is 0 Å². The Labute approximate surface area is 551 Å². The van der Waals surface area contributed by atoms with E-state index in [4.69, 9.17) is 4.98 Å². The van der Waals surface area contributed by atoms with Gasteiger partial charge in [-0.15, -0.1) is 11.3 Å². The molecular formula is C88H56N6S. The highest BCUT2D eigenvalue weighted by molar-refractivity contribution is 7.21. The Bertz CT molecular complexity index is 6150. The largest absolute Gasteiger partial charge is 0.309 e. The smallest absolute Gasteiger partial charge is 0.126 e. The third-order valence-corrected chi connectivity index (χ3v) is 20.6. The minimum absolute atomic E-state index is 0.549. The first-order chi connectivity index (χ1) is 46.9. The number of benzene rings is 14. The Morgan fingerprint density at radius 1 is 0.284 bits per heavy atom. The molecule has 0 unspecified atom stereocenters. The van der Waals surface area contributed by atoms with Crippen LogP contribution in [0.5, 0.6) is 0 Å². The minimum Gasteiger partial charge on any atom is -0.309 e. The lowest BCUT2D eigenvalue weighted by Gasteiger charge is -2.26. The lowest BCUT2D eigenvalue weighted by atomic mass is 9.77. The molecule has 0 aliphatic carbocycles. The van der Waals surface area contributed by atoms with Gasteiger partial charge >= 0.3 is 0 Å². The molecule has 5 aromatic heterocycles. The molecule has 19 aromatic rings. The fraction of sp³-hybridized carbons (Fsp3) is 0.0227. The van der Waals surface area contributed by atoms with Crippen LogP contribution in [0.2, 0.25) is 0 Å². The Hall–Kier alpha value is -12.3. The third-order valence-electron chi connectivity index (χ3n) is 19.6. The summed E-state index contributed by atoms with van der Waals surface area (Å²) in [6.45, 7) is 4.35. The van der Waals surface area contributed by atoms with Gasteiger partial charge in [0.25, 0.3) is 0 Å². The van der Waals surface area contributed by atoms with Crippen LogP contribution in [0, 0.1) is 25.2 Å². The monoisotopic (exact) mass is 1230 g/mol. The van der Waals surface area contributed by atoms with E-state index in [-0.39, 0.29) is 0 Å². The fourth-order valence-corrected chi connectivity index (χ4v) is 16.5. The lowest BCUT2D eigenvalue weighted by Crippen LogP contribution is -2.03. The summed E-state index contributed by atoms with van der Waals surface area (Å²) in [4.78, 5) is 5.54. The van der Waals surface area contributed by atoms with Crippen LogP contribution in [0.4, 0.5) is 0 Å². The zero-order chi connectivity index (χ0) is 63.0. The van der Waals surface area contributed by atoms with Crippen LogP contribution in [0.3, 0.4) is 0 Å². The van der Waals surface area contributed by atoms with Gasteiger partial charge in [-0.2, -0.15) is 5.26 Å². The van der Waals surface area contributed by atoms with Crippen LogP contribution in [0.25, 0.3) is 175 Å². The molecule has 0 aliphatic rings. The Morgan fingerprint density at radius 2 is 0.568 bits per heavy atom. The van der Waals surface area contributed by atoms with Crippen LogP contribution in [0.15, 0.2) is 303 Å². The number of aryl methyl sites for hydroxylation is 2. The molecule has 5 heterocycles. The highest BCUT2D eigenvalue weighted by Crippen LogP contribution is 2.54. The Kier molecular flexibility index (Phi) is 12.2. The first kappa shape index (κ1) is 54.4. The van der Waals surface area contributed by atoms with Gasteiger partial charge in [-0.1, -0.05) is 193 Å². The van der Waals surface area contributed by atoms with E-state index in [0.29, 0.717) is 5.56 Å². The Morgan fingerprint density at radius 3 is 0.905 bits per heavy atom. The zero-order valence-electron chi connectivity index (χ0n) is 52.0. The van der Waals surface area contributed by atoms with Gasteiger partial charge in [0.15, 0.2) is 0 Å². The molecule has 6 nitrogen and oxygen atoms in total. The van der Waals surface area contributed by atoms with Crippen molar-refractivity contribution in [2.75, 3.05) is 0 Å². The van der Waals surface area contributed by atoms with Crippen LogP contribution >= 0.6 is 11.3 Å². The highest BCUT2D eigenvalue weighted by atomic mass is 32.1. The zero-order valence-corrected chi connectivity index (χ0v) is 52.8. The molecule has 0 atom stereocenters. The predicted molar refractivity (Wildman–Crippen MR) is 398 cm³/mol. The number of fused-ring (bicyclic) bond motifs is 13. The summed E-state index contributed by atoms with van der Waals surface area (Å²) in [6, 6.07) is 113. The molecule has 0 N–H and O–H groups in total. The average molecular weight is 1230 g/mol. The second-order valence-corrected chi connectivity index (χ2v) is 26.1. The molecule has 19 rings (SSSR count). The molecule has 444 valence electrons. The predicted octanol–water partition coefficient (Wildman–Crippen LogP) is 23.5. The molecule has 95 heavy (non-hydrogen) atoms. The molecule has 0 fully saturated rings. The Balaban J connectivity index is 0.923. The van der Waals surface area contributed by atoms with Crippen molar-refractivity contribution in [1.29, 1.82) is 5.26 Å². The quantitative estimate of drug-likeness (QED) is 0.145. The number of aromatic nitrogens is 5. The van der Waals surface area contributed by atoms with Crippen molar-refractivity contribution < 1.29 is 0 Å². The minimum atomic E-state index is 0.549. The van der Waals surface area contributed by atoms with Crippen molar-refractivity contribution in [3.8, 4) is 83.9 Å². The number of nitrogens with zero attached hydrogens (tertiary/aromatic N) is 6. The fourth-order valence-electron chi connectivity index (χ4n) is 15.4. The van der Waals surface area contributed by atoms with Crippen molar-refractivity contribution in [3.05, 3.63) is 320 Å². The SMILES string of the molecule is Cc1ccc2c(c1)c1cc(C)ccc1n2-c1ccc(-c2c(-c3ccc(-n4c5ccccc5c5ccccc54)cc3)c(-c3ccc(-n4c5ccccc5c5ccccc54)cc3)c(C#N)c(-c3nc4ccccc4s3)c2-c2ccc(-n3c4ccccc4c4ccccc43)cc2)cc1. The third kappa shape index (κ3) is 8.38. The van der Waals surface area contributed by atoms with E-state index >= 15 is 0 Å². The van der Waals surface area contributed by atoms with Gasteiger partial charge in [-0.25, -0.2) is 4.98 Å². The molecule has 0 radical (unpaired) electrons. The van der Waals surface area contributed by atoms with Crippen LogP contribution in [0.1, 0.15) is 16.7 Å². The topological polar surface area (TPSA) is 56.4 Å². The number of para-hydroxylation sites is 7. The maximum absolute atomic E-state index is 12.5. The summed E-state index contributed by atoms with van der Waals surface area (Å²) in [6.07, 6.45) is 0. The first-order valence-corrected chi connectivity index (χ1v) is 33.1. The maximum Gasteiger partial charge on any atom is 0.126 e. The van der Waals surface area contributed by atoms with Crippen molar-refractivity contribution in [2.24, 2.45) is 0 Å². The van der Waals surface area contributed by atoms with Gasteiger partial charge in [0.1, 0.15) is 11.1 Å². The van der Waals surface area contributed by atoms with Crippen LogP contribution < -0.4 is 0 Å². The second-order valence-electron chi connectivity index (χ2n) is 25.0. The van der Waals surface area contributed by atoms with E-state index in [1.165, 1.54) is 54.2 Å². The van der Waals surface area contributed by atoms with Crippen LogP contribution in [-0.2, 0) is 0 Å². The number of nitriles is 1. The van der Waals surface area contributed by atoms with Gasteiger partial charge < -0.3 is 18.3 Å².